The average molecular weight is 445 g/mol. The van der Waals surface area contributed by atoms with Crippen LogP contribution in [0.5, 0.6) is 0 Å². The molecule has 2 heterocycles. The molecule has 0 bridgehead atoms. The zero-order valence-electron chi connectivity index (χ0n) is 18.1. The minimum absolute atomic E-state index is 0.381. The maximum Gasteiger partial charge on any atom is 0.340 e. The van der Waals surface area contributed by atoms with E-state index < -0.39 is 0 Å². The summed E-state index contributed by atoms with van der Waals surface area (Å²) < 4.78 is 7.39. The predicted octanol–water partition coefficient (Wildman–Crippen LogP) is 5.47. The Balaban J connectivity index is 1.62. The number of methoxy groups -OCH3 is 1. The lowest BCUT2D eigenvalue weighted by Gasteiger charge is -2.16. The van der Waals surface area contributed by atoms with Crippen LogP contribution in [0.3, 0.4) is 0 Å². The molecule has 1 aliphatic carbocycles. The number of aromatic nitrogens is 4. The molecule has 1 fully saturated rings. The number of carbonyl (C=O) groups is 1. The highest BCUT2D eigenvalue weighted by atomic mass is 32.2. The van der Waals surface area contributed by atoms with E-state index in [1.54, 1.807) is 11.8 Å². The molecule has 7 heteroatoms. The third-order valence-corrected chi connectivity index (χ3v) is 6.74. The molecule has 4 aromatic rings. The van der Waals surface area contributed by atoms with E-state index in [2.05, 4.69) is 21.7 Å². The fourth-order valence-corrected chi connectivity index (χ4v) is 5.03. The highest BCUT2D eigenvalue weighted by molar-refractivity contribution is 7.98. The first-order valence-electron chi connectivity index (χ1n) is 10.8. The molecule has 0 spiro atoms. The number of hydrogen-bond acceptors (Lipinski definition) is 6. The Bertz CT molecular complexity index is 1280. The second-order valence-electron chi connectivity index (χ2n) is 7.83. The van der Waals surface area contributed by atoms with E-state index >= 15 is 0 Å². The maximum absolute atomic E-state index is 13.0. The van der Waals surface area contributed by atoms with Crippen molar-refractivity contribution >= 4 is 28.6 Å². The van der Waals surface area contributed by atoms with E-state index in [9.17, 15) is 4.79 Å². The van der Waals surface area contributed by atoms with Gasteiger partial charge in [-0.05, 0) is 31.4 Å². The van der Waals surface area contributed by atoms with Gasteiger partial charge in [-0.1, -0.05) is 60.3 Å². The van der Waals surface area contributed by atoms with Crippen LogP contribution in [0.4, 0.5) is 0 Å². The summed E-state index contributed by atoms with van der Waals surface area (Å²) in [4.78, 5) is 17.9. The van der Waals surface area contributed by atoms with Gasteiger partial charge in [0.1, 0.15) is 5.82 Å². The van der Waals surface area contributed by atoms with Gasteiger partial charge in [0, 0.05) is 29.2 Å². The zero-order chi connectivity index (χ0) is 22.1. The molecular formula is C25H24N4O2S. The molecule has 1 saturated carbocycles. The third-order valence-electron chi connectivity index (χ3n) is 5.76. The van der Waals surface area contributed by atoms with Crippen molar-refractivity contribution in [2.24, 2.45) is 0 Å². The number of esters is 1. The van der Waals surface area contributed by atoms with E-state index in [1.807, 2.05) is 54.6 Å². The van der Waals surface area contributed by atoms with Crippen LogP contribution in [-0.2, 0) is 17.0 Å². The topological polar surface area (TPSA) is 69.9 Å². The lowest BCUT2D eigenvalue weighted by Crippen LogP contribution is -2.11. The van der Waals surface area contributed by atoms with Crippen LogP contribution < -0.4 is 0 Å². The smallest absolute Gasteiger partial charge is 0.340 e. The SMILES string of the molecule is CCn1c(SCc2nc3ccccc3c(-c3ccccc3)c2C(=O)OC)nnc1C1CC1. The molecule has 0 aliphatic heterocycles. The van der Waals surface area contributed by atoms with Gasteiger partial charge in [-0.3, -0.25) is 4.98 Å². The number of carbonyl (C=O) groups excluding carboxylic acids is 1. The van der Waals surface area contributed by atoms with Gasteiger partial charge in [0.2, 0.25) is 0 Å². The maximum atomic E-state index is 13.0. The summed E-state index contributed by atoms with van der Waals surface area (Å²) in [7, 11) is 1.42. The summed E-state index contributed by atoms with van der Waals surface area (Å²) >= 11 is 1.56. The number of rotatable bonds is 7. The van der Waals surface area contributed by atoms with Gasteiger partial charge in [-0.2, -0.15) is 0 Å². The lowest BCUT2D eigenvalue weighted by atomic mass is 9.94. The minimum Gasteiger partial charge on any atom is -0.465 e. The summed E-state index contributed by atoms with van der Waals surface area (Å²) in [6.45, 7) is 2.94. The molecule has 6 nitrogen and oxygen atoms in total. The van der Waals surface area contributed by atoms with Gasteiger partial charge in [0.15, 0.2) is 5.16 Å². The van der Waals surface area contributed by atoms with Gasteiger partial charge in [0.25, 0.3) is 0 Å². The number of fused-ring (bicyclic) bond motifs is 1. The molecule has 2 aromatic heterocycles. The van der Waals surface area contributed by atoms with Crippen LogP contribution in [0, 0.1) is 0 Å². The molecule has 5 rings (SSSR count). The molecule has 2 aromatic carbocycles. The minimum atomic E-state index is -0.381. The highest BCUT2D eigenvalue weighted by Gasteiger charge is 2.30. The largest absolute Gasteiger partial charge is 0.465 e. The molecule has 32 heavy (non-hydrogen) atoms. The number of benzene rings is 2. The summed E-state index contributed by atoms with van der Waals surface area (Å²) in [6, 6.07) is 17.9. The van der Waals surface area contributed by atoms with E-state index in [-0.39, 0.29) is 5.97 Å². The summed E-state index contributed by atoms with van der Waals surface area (Å²) in [5.74, 6) is 1.72. The molecule has 0 saturated heterocycles. The summed E-state index contributed by atoms with van der Waals surface area (Å²) in [6.07, 6.45) is 2.36. The quantitative estimate of drug-likeness (QED) is 0.278. The first-order chi connectivity index (χ1) is 15.7. The number of hydrogen-bond donors (Lipinski definition) is 0. The second-order valence-corrected chi connectivity index (χ2v) is 8.77. The monoisotopic (exact) mass is 444 g/mol. The van der Waals surface area contributed by atoms with Crippen molar-refractivity contribution in [3.05, 3.63) is 71.7 Å². The second kappa shape index (κ2) is 8.74. The Morgan fingerprint density at radius 3 is 2.56 bits per heavy atom. The number of ether oxygens (including phenoxy) is 1. The Kier molecular flexibility index (Phi) is 5.66. The number of pyridine rings is 1. The van der Waals surface area contributed by atoms with Crippen LogP contribution in [0.25, 0.3) is 22.0 Å². The molecule has 0 atom stereocenters. The van der Waals surface area contributed by atoms with Crippen molar-refractivity contribution < 1.29 is 9.53 Å². The van der Waals surface area contributed by atoms with Crippen molar-refractivity contribution in [3.8, 4) is 11.1 Å². The fourth-order valence-electron chi connectivity index (χ4n) is 4.07. The summed E-state index contributed by atoms with van der Waals surface area (Å²) in [5.41, 5.74) is 3.87. The highest BCUT2D eigenvalue weighted by Crippen LogP contribution is 2.41. The van der Waals surface area contributed by atoms with E-state index in [1.165, 1.54) is 20.0 Å². The Morgan fingerprint density at radius 2 is 1.84 bits per heavy atom. The average Bonchev–Trinajstić information content (AvgIpc) is 3.61. The van der Waals surface area contributed by atoms with Crippen molar-refractivity contribution in [1.82, 2.24) is 19.7 Å². The van der Waals surface area contributed by atoms with Gasteiger partial charge in [-0.15, -0.1) is 10.2 Å². The van der Waals surface area contributed by atoms with Crippen LogP contribution in [0.15, 0.2) is 59.8 Å². The van der Waals surface area contributed by atoms with E-state index in [4.69, 9.17) is 9.72 Å². The van der Waals surface area contributed by atoms with Gasteiger partial charge >= 0.3 is 5.97 Å². The Hall–Kier alpha value is -3.19. The van der Waals surface area contributed by atoms with Crippen LogP contribution in [0.1, 0.15) is 47.6 Å². The molecule has 0 radical (unpaired) electrons. The fraction of sp³-hybridized carbons (Fsp3) is 0.280. The number of nitrogens with zero attached hydrogens (tertiary/aromatic N) is 4. The standard InChI is InChI=1S/C25H24N4O2S/c1-3-29-23(17-13-14-17)27-28-25(29)32-15-20-22(24(30)31-2)21(16-9-5-4-6-10-16)18-11-7-8-12-19(18)26-20/h4-12,17H,3,13-15H2,1-2H3. The first kappa shape index (κ1) is 20.7. The summed E-state index contributed by atoms with van der Waals surface area (Å²) in [5, 5.41) is 10.7. The van der Waals surface area contributed by atoms with E-state index in [0.29, 0.717) is 22.9 Å². The number of thioether (sulfide) groups is 1. The van der Waals surface area contributed by atoms with Gasteiger partial charge in [0.05, 0.1) is 23.9 Å². The van der Waals surface area contributed by atoms with E-state index in [0.717, 1.165) is 39.6 Å². The molecular weight excluding hydrogens is 420 g/mol. The Morgan fingerprint density at radius 1 is 1.09 bits per heavy atom. The van der Waals surface area contributed by atoms with Crippen molar-refractivity contribution in [2.75, 3.05) is 7.11 Å². The first-order valence-corrected chi connectivity index (χ1v) is 11.8. The van der Waals surface area contributed by atoms with Gasteiger partial charge in [-0.25, -0.2) is 4.79 Å². The van der Waals surface area contributed by atoms with Crippen LogP contribution in [0.2, 0.25) is 0 Å². The van der Waals surface area contributed by atoms with Crippen molar-refractivity contribution in [1.29, 1.82) is 0 Å². The van der Waals surface area contributed by atoms with Crippen LogP contribution in [-0.4, -0.2) is 32.8 Å². The third kappa shape index (κ3) is 3.77. The molecule has 0 amide bonds. The van der Waals surface area contributed by atoms with Crippen molar-refractivity contribution in [3.63, 3.8) is 0 Å². The van der Waals surface area contributed by atoms with Crippen molar-refractivity contribution in [2.45, 2.75) is 43.1 Å². The normalized spacial score (nSPS) is 13.4. The Labute approximate surface area is 191 Å². The van der Waals surface area contributed by atoms with Gasteiger partial charge < -0.3 is 9.30 Å². The lowest BCUT2D eigenvalue weighted by molar-refractivity contribution is 0.0600. The molecule has 162 valence electrons. The number of para-hydroxylation sites is 1. The zero-order valence-corrected chi connectivity index (χ0v) is 18.9. The molecule has 0 N–H and O–H groups in total. The van der Waals surface area contributed by atoms with Crippen LogP contribution >= 0.6 is 11.8 Å². The predicted molar refractivity (Wildman–Crippen MR) is 126 cm³/mol. The molecule has 0 unspecified atom stereocenters. The molecule has 1 aliphatic rings.